The molecule has 1 heterocycles. The van der Waals surface area contributed by atoms with Gasteiger partial charge in [-0.1, -0.05) is 35.3 Å². The first kappa shape index (κ1) is 25.6. The van der Waals surface area contributed by atoms with Gasteiger partial charge in [-0.05, 0) is 69.5 Å². The first-order valence-electron chi connectivity index (χ1n) is 11.7. The third-order valence-electron chi connectivity index (χ3n) is 6.75. The molecule has 3 aromatic rings. The van der Waals surface area contributed by atoms with E-state index in [4.69, 9.17) is 37.4 Å². The third-order valence-corrected chi connectivity index (χ3v) is 7.26. The number of rotatable bonds is 7. The van der Waals surface area contributed by atoms with Gasteiger partial charge in [-0.3, -0.25) is 4.90 Å². The molecule has 2 aromatic carbocycles. The van der Waals surface area contributed by atoms with Crippen molar-refractivity contribution in [1.82, 2.24) is 9.88 Å². The van der Waals surface area contributed by atoms with Crippen LogP contribution in [-0.2, 0) is 16.9 Å². The molecule has 0 saturated heterocycles. The van der Waals surface area contributed by atoms with Crippen LogP contribution in [0.1, 0.15) is 43.7 Å². The Bertz CT molecular complexity index is 1200. The zero-order valence-corrected chi connectivity index (χ0v) is 21.6. The SMILES string of the molecule is CCOC(=O)Oc1[nH]c2cc(Cl)cc(Cl)c2c1CN(C)C1CCC(O)(c2cccc(OC)c2)CC1. The number of H-pyrrole nitrogens is 1. The second-order valence-electron chi connectivity index (χ2n) is 8.94. The lowest BCUT2D eigenvalue weighted by atomic mass is 9.77. The maximum absolute atomic E-state index is 12.1. The Morgan fingerprint density at radius 3 is 2.66 bits per heavy atom. The van der Waals surface area contributed by atoms with Gasteiger partial charge >= 0.3 is 6.16 Å². The van der Waals surface area contributed by atoms with Crippen LogP contribution in [0.4, 0.5) is 4.79 Å². The molecule has 188 valence electrons. The summed E-state index contributed by atoms with van der Waals surface area (Å²) in [6.45, 7) is 2.41. The Morgan fingerprint density at radius 1 is 1.23 bits per heavy atom. The van der Waals surface area contributed by atoms with E-state index in [2.05, 4.69) is 9.88 Å². The number of aliphatic hydroxyl groups is 1. The first-order valence-corrected chi connectivity index (χ1v) is 12.4. The number of fused-ring (bicyclic) bond motifs is 1. The highest BCUT2D eigenvalue weighted by Gasteiger charge is 2.36. The molecule has 4 rings (SSSR count). The van der Waals surface area contributed by atoms with E-state index in [0.717, 1.165) is 35.1 Å². The lowest BCUT2D eigenvalue weighted by molar-refractivity contribution is -0.0229. The number of benzene rings is 2. The summed E-state index contributed by atoms with van der Waals surface area (Å²) in [4.78, 5) is 17.4. The fraction of sp³-hybridized carbons (Fsp3) is 0.423. The molecule has 1 fully saturated rings. The predicted octanol–water partition coefficient (Wildman–Crippen LogP) is 6.28. The van der Waals surface area contributed by atoms with E-state index in [0.29, 0.717) is 34.9 Å². The van der Waals surface area contributed by atoms with Gasteiger partial charge in [0.2, 0.25) is 5.88 Å². The van der Waals surface area contributed by atoms with Crippen LogP contribution in [0.5, 0.6) is 11.6 Å². The molecule has 0 radical (unpaired) electrons. The Labute approximate surface area is 214 Å². The highest BCUT2D eigenvalue weighted by molar-refractivity contribution is 6.38. The van der Waals surface area contributed by atoms with Gasteiger partial charge in [-0.2, -0.15) is 0 Å². The quantitative estimate of drug-likeness (QED) is 0.356. The minimum absolute atomic E-state index is 0.207. The van der Waals surface area contributed by atoms with Gasteiger partial charge in [0, 0.05) is 28.6 Å². The Balaban J connectivity index is 1.53. The van der Waals surface area contributed by atoms with Gasteiger partial charge in [-0.15, -0.1) is 0 Å². The van der Waals surface area contributed by atoms with Crippen molar-refractivity contribution in [1.29, 1.82) is 0 Å². The largest absolute Gasteiger partial charge is 0.515 e. The van der Waals surface area contributed by atoms with Crippen LogP contribution >= 0.6 is 23.2 Å². The summed E-state index contributed by atoms with van der Waals surface area (Å²) in [5.41, 5.74) is 1.43. The highest BCUT2D eigenvalue weighted by atomic mass is 35.5. The van der Waals surface area contributed by atoms with Crippen LogP contribution < -0.4 is 9.47 Å². The van der Waals surface area contributed by atoms with Crippen LogP contribution in [0.2, 0.25) is 10.0 Å². The molecule has 1 aliphatic rings. The fourth-order valence-corrected chi connectivity index (χ4v) is 5.47. The number of carbonyl (C=O) groups is 1. The van der Waals surface area contributed by atoms with Crippen molar-refractivity contribution in [2.24, 2.45) is 0 Å². The number of nitrogens with zero attached hydrogens (tertiary/aromatic N) is 1. The molecule has 1 saturated carbocycles. The number of nitrogens with one attached hydrogen (secondary N) is 1. The molecule has 1 aromatic heterocycles. The molecule has 9 heteroatoms. The smallest absolute Gasteiger partial charge is 0.497 e. The average molecular weight is 521 g/mol. The Kier molecular flexibility index (Phi) is 7.81. The Hall–Kier alpha value is -2.45. The standard InChI is InChI=1S/C26H30Cl2N2O5/c1-4-34-25(31)35-24-20(23-21(28)13-17(27)14-22(23)29-24)15-30(2)18-8-10-26(32,11-9-18)16-6-5-7-19(12-16)33-3/h5-7,12-14,18,29,32H,4,8-11,15H2,1-3H3. The highest BCUT2D eigenvalue weighted by Crippen LogP contribution is 2.41. The molecule has 1 aliphatic carbocycles. The zero-order chi connectivity index (χ0) is 25.2. The van der Waals surface area contributed by atoms with E-state index in [1.54, 1.807) is 26.2 Å². The third kappa shape index (κ3) is 5.54. The summed E-state index contributed by atoms with van der Waals surface area (Å²) in [6, 6.07) is 11.3. The molecular formula is C26H30Cl2N2O5. The molecule has 0 unspecified atom stereocenters. The van der Waals surface area contributed by atoms with Gasteiger partial charge in [-0.25, -0.2) is 4.79 Å². The second-order valence-corrected chi connectivity index (χ2v) is 9.78. The van der Waals surface area contributed by atoms with Crippen LogP contribution in [0.25, 0.3) is 10.9 Å². The van der Waals surface area contributed by atoms with E-state index >= 15 is 0 Å². The zero-order valence-electron chi connectivity index (χ0n) is 20.1. The average Bonchev–Trinajstić information content (AvgIpc) is 3.16. The summed E-state index contributed by atoms with van der Waals surface area (Å²) in [7, 11) is 3.65. The number of hydrogen-bond acceptors (Lipinski definition) is 6. The summed E-state index contributed by atoms with van der Waals surface area (Å²) >= 11 is 12.7. The predicted molar refractivity (Wildman–Crippen MR) is 137 cm³/mol. The van der Waals surface area contributed by atoms with Crippen molar-refractivity contribution >= 4 is 40.3 Å². The maximum atomic E-state index is 12.1. The van der Waals surface area contributed by atoms with Crippen molar-refractivity contribution in [3.05, 3.63) is 57.6 Å². The van der Waals surface area contributed by atoms with E-state index in [-0.39, 0.29) is 18.5 Å². The summed E-state index contributed by atoms with van der Waals surface area (Å²) in [6.07, 6.45) is 2.09. The van der Waals surface area contributed by atoms with Crippen molar-refractivity contribution in [2.75, 3.05) is 20.8 Å². The van der Waals surface area contributed by atoms with Crippen molar-refractivity contribution in [3.8, 4) is 11.6 Å². The molecule has 7 nitrogen and oxygen atoms in total. The van der Waals surface area contributed by atoms with Gasteiger partial charge in [0.05, 0.1) is 29.9 Å². The number of methoxy groups -OCH3 is 1. The minimum atomic E-state index is -0.884. The lowest BCUT2D eigenvalue weighted by Gasteiger charge is -2.40. The number of ether oxygens (including phenoxy) is 3. The summed E-state index contributed by atoms with van der Waals surface area (Å²) < 4.78 is 15.8. The molecular weight excluding hydrogens is 491 g/mol. The van der Waals surface area contributed by atoms with Crippen LogP contribution in [-0.4, -0.2) is 48.0 Å². The molecule has 0 amide bonds. The van der Waals surface area contributed by atoms with Crippen LogP contribution in [0, 0.1) is 0 Å². The normalized spacial score (nSPS) is 20.3. The number of carbonyl (C=O) groups excluding carboxylic acids is 1. The molecule has 0 spiro atoms. The molecule has 2 N–H and O–H groups in total. The number of halogens is 2. The molecule has 35 heavy (non-hydrogen) atoms. The number of hydrogen-bond donors (Lipinski definition) is 2. The van der Waals surface area contributed by atoms with Crippen molar-refractivity contribution in [2.45, 2.75) is 50.8 Å². The minimum Gasteiger partial charge on any atom is -0.497 e. The van der Waals surface area contributed by atoms with E-state index in [1.165, 1.54) is 0 Å². The van der Waals surface area contributed by atoms with Gasteiger partial charge in [0.15, 0.2) is 0 Å². The van der Waals surface area contributed by atoms with Crippen LogP contribution in [0.15, 0.2) is 36.4 Å². The van der Waals surface area contributed by atoms with Gasteiger partial charge in [0.1, 0.15) is 5.75 Å². The number of aromatic amines is 1. The maximum Gasteiger partial charge on any atom is 0.515 e. The second kappa shape index (κ2) is 10.7. The van der Waals surface area contributed by atoms with Crippen LogP contribution in [0.3, 0.4) is 0 Å². The Morgan fingerprint density at radius 2 is 1.97 bits per heavy atom. The lowest BCUT2D eigenvalue weighted by Crippen LogP contribution is -2.40. The molecule has 0 bridgehead atoms. The van der Waals surface area contributed by atoms with Crippen molar-refractivity contribution < 1.29 is 24.1 Å². The molecule has 0 atom stereocenters. The van der Waals surface area contributed by atoms with Gasteiger partial charge in [0.25, 0.3) is 0 Å². The number of aromatic nitrogens is 1. The fourth-order valence-electron chi connectivity index (χ4n) is 4.86. The van der Waals surface area contributed by atoms with E-state index < -0.39 is 11.8 Å². The van der Waals surface area contributed by atoms with E-state index in [9.17, 15) is 9.90 Å². The summed E-state index contributed by atoms with van der Waals surface area (Å²) in [5.74, 6) is 1.03. The van der Waals surface area contributed by atoms with Crippen molar-refractivity contribution in [3.63, 3.8) is 0 Å². The monoisotopic (exact) mass is 520 g/mol. The first-order chi connectivity index (χ1) is 16.7. The summed E-state index contributed by atoms with van der Waals surface area (Å²) in [5, 5.41) is 13.0. The van der Waals surface area contributed by atoms with E-state index in [1.807, 2.05) is 31.3 Å². The van der Waals surface area contributed by atoms with Gasteiger partial charge < -0.3 is 24.3 Å². The molecule has 0 aliphatic heterocycles. The topological polar surface area (TPSA) is 84.0 Å².